The van der Waals surface area contributed by atoms with Gasteiger partial charge in [-0.25, -0.2) is 4.98 Å². The van der Waals surface area contributed by atoms with Crippen LogP contribution in [0.5, 0.6) is 23.0 Å². The van der Waals surface area contributed by atoms with Crippen molar-refractivity contribution < 1.29 is 9.47 Å². The minimum atomic E-state index is 0.557. The average Bonchev–Trinajstić information content (AvgIpc) is 3.50. The van der Waals surface area contributed by atoms with E-state index in [9.17, 15) is 0 Å². The van der Waals surface area contributed by atoms with Gasteiger partial charge in [0.15, 0.2) is 34.6 Å². The molecule has 0 atom stereocenters. The molecule has 0 spiro atoms. The molecule has 0 saturated carbocycles. The van der Waals surface area contributed by atoms with Crippen molar-refractivity contribution in [3.63, 3.8) is 0 Å². The molecule has 230 valence electrons. The summed E-state index contributed by atoms with van der Waals surface area (Å²) in [5.74, 6) is 4.58. The molecule has 6 heteroatoms. The van der Waals surface area contributed by atoms with Crippen molar-refractivity contribution in [2.45, 2.75) is 0 Å². The Morgan fingerprint density at radius 1 is 0.367 bits per heavy atom. The molecule has 9 aromatic rings. The molecule has 0 radical (unpaired) electrons. The van der Waals surface area contributed by atoms with Gasteiger partial charge in [0.1, 0.15) is 0 Å². The van der Waals surface area contributed by atoms with Crippen LogP contribution in [0.15, 0.2) is 158 Å². The molecule has 0 bridgehead atoms. The predicted octanol–water partition coefficient (Wildman–Crippen LogP) is 11.0. The summed E-state index contributed by atoms with van der Waals surface area (Å²) in [6.07, 6.45) is 0. The lowest BCUT2D eigenvalue weighted by Crippen LogP contribution is -2.06. The highest BCUT2D eigenvalue weighted by atomic mass is 16.6. The summed E-state index contributed by atoms with van der Waals surface area (Å²) < 4.78 is 14.9. The van der Waals surface area contributed by atoms with Crippen LogP contribution >= 0.6 is 0 Å². The lowest BCUT2D eigenvalue weighted by Gasteiger charge is -2.22. The maximum absolute atomic E-state index is 6.43. The first-order valence-corrected chi connectivity index (χ1v) is 16.2. The summed E-state index contributed by atoms with van der Waals surface area (Å²) in [7, 11) is 0. The number of aromatic nitrogens is 4. The van der Waals surface area contributed by atoms with Crippen molar-refractivity contribution >= 4 is 32.6 Å². The molecule has 6 nitrogen and oxygen atoms in total. The maximum Gasteiger partial charge on any atom is 0.238 e. The van der Waals surface area contributed by atoms with Crippen LogP contribution in [0.1, 0.15) is 0 Å². The Hall–Kier alpha value is -6.79. The Bertz CT molecular complexity index is 2660. The van der Waals surface area contributed by atoms with E-state index in [1.54, 1.807) is 0 Å². The number of para-hydroxylation sites is 1. The van der Waals surface area contributed by atoms with Crippen LogP contribution < -0.4 is 9.47 Å². The molecule has 7 aromatic carbocycles. The Morgan fingerprint density at radius 2 is 0.898 bits per heavy atom. The van der Waals surface area contributed by atoms with Crippen molar-refractivity contribution in [1.29, 1.82) is 0 Å². The summed E-state index contributed by atoms with van der Waals surface area (Å²) in [6.45, 7) is 0. The summed E-state index contributed by atoms with van der Waals surface area (Å²) in [5, 5.41) is 4.45. The second-order valence-corrected chi connectivity index (χ2v) is 12.1. The largest absolute Gasteiger partial charge is 0.449 e. The van der Waals surface area contributed by atoms with E-state index in [1.165, 1.54) is 0 Å². The van der Waals surface area contributed by atoms with Crippen LogP contribution in [0.4, 0.5) is 0 Å². The standard InChI is InChI=1S/C43H26N4O2/c1-3-11-27(12-4-1)41-44-42(28-13-5-2-6-14-28)46-43(45-41)47-35-18-10-9-17-33(35)34-21-19-31(23-36(34)47)32-20-22-37-38(26-32)49-40-25-30-16-8-7-15-29(30)24-39(40)48-37/h1-26H. The zero-order chi connectivity index (χ0) is 32.3. The summed E-state index contributed by atoms with van der Waals surface area (Å²) in [4.78, 5) is 15.1. The fraction of sp³-hybridized carbons (Fsp3) is 0. The summed E-state index contributed by atoms with van der Waals surface area (Å²) in [5.41, 5.74) is 5.91. The molecule has 2 aromatic heterocycles. The highest BCUT2D eigenvalue weighted by Crippen LogP contribution is 2.48. The van der Waals surface area contributed by atoms with Gasteiger partial charge in [0.25, 0.3) is 0 Å². The normalized spacial score (nSPS) is 12.0. The molecule has 49 heavy (non-hydrogen) atoms. The molecule has 1 aliphatic rings. The van der Waals surface area contributed by atoms with E-state index >= 15 is 0 Å². The highest BCUT2D eigenvalue weighted by molar-refractivity contribution is 6.10. The fourth-order valence-electron chi connectivity index (χ4n) is 6.71. The number of rotatable bonds is 4. The van der Waals surface area contributed by atoms with Crippen LogP contribution in [-0.4, -0.2) is 19.5 Å². The highest BCUT2D eigenvalue weighted by Gasteiger charge is 2.22. The average molecular weight is 631 g/mol. The minimum Gasteiger partial charge on any atom is -0.449 e. The quantitative estimate of drug-likeness (QED) is 0.194. The second-order valence-electron chi connectivity index (χ2n) is 12.1. The molecule has 0 fully saturated rings. The van der Waals surface area contributed by atoms with Crippen molar-refractivity contribution in [2.24, 2.45) is 0 Å². The zero-order valence-electron chi connectivity index (χ0n) is 26.1. The van der Waals surface area contributed by atoms with Crippen molar-refractivity contribution in [2.75, 3.05) is 0 Å². The molecule has 10 rings (SSSR count). The number of hydrogen-bond acceptors (Lipinski definition) is 5. The Labute approximate surface area is 281 Å². The Balaban J connectivity index is 1.13. The van der Waals surface area contributed by atoms with Gasteiger partial charge >= 0.3 is 0 Å². The van der Waals surface area contributed by atoms with E-state index in [-0.39, 0.29) is 0 Å². The molecule has 3 heterocycles. The third-order valence-electron chi connectivity index (χ3n) is 9.09. The van der Waals surface area contributed by atoms with Crippen molar-refractivity contribution in [1.82, 2.24) is 19.5 Å². The van der Waals surface area contributed by atoms with Crippen LogP contribution in [0.3, 0.4) is 0 Å². The minimum absolute atomic E-state index is 0.557. The fourth-order valence-corrected chi connectivity index (χ4v) is 6.71. The molecule has 0 N–H and O–H groups in total. The van der Waals surface area contributed by atoms with Gasteiger partial charge in [-0.05, 0) is 58.3 Å². The van der Waals surface area contributed by atoms with E-state index in [2.05, 4.69) is 65.2 Å². The molecular weight excluding hydrogens is 604 g/mol. The third kappa shape index (κ3) is 4.61. The molecule has 1 aliphatic heterocycles. The van der Waals surface area contributed by atoms with Crippen LogP contribution in [0.2, 0.25) is 0 Å². The van der Waals surface area contributed by atoms with E-state index in [4.69, 9.17) is 24.4 Å². The summed E-state index contributed by atoms with van der Waals surface area (Å²) in [6, 6.07) is 53.4. The molecule has 0 amide bonds. The topological polar surface area (TPSA) is 62.1 Å². The van der Waals surface area contributed by atoms with Gasteiger partial charge in [-0.3, -0.25) is 4.57 Å². The number of hydrogen-bond donors (Lipinski definition) is 0. The van der Waals surface area contributed by atoms with E-state index < -0.39 is 0 Å². The smallest absolute Gasteiger partial charge is 0.238 e. The van der Waals surface area contributed by atoms with Gasteiger partial charge in [-0.1, -0.05) is 121 Å². The Morgan fingerprint density at radius 3 is 1.59 bits per heavy atom. The maximum atomic E-state index is 6.43. The second kappa shape index (κ2) is 10.9. The third-order valence-corrected chi connectivity index (χ3v) is 9.09. The first-order valence-electron chi connectivity index (χ1n) is 16.2. The van der Waals surface area contributed by atoms with Gasteiger partial charge in [-0.2, -0.15) is 9.97 Å². The van der Waals surface area contributed by atoms with Crippen LogP contribution in [-0.2, 0) is 0 Å². The van der Waals surface area contributed by atoms with Gasteiger partial charge in [-0.15, -0.1) is 0 Å². The molecular formula is C43H26N4O2. The number of nitrogens with zero attached hydrogens (tertiary/aromatic N) is 4. The number of ether oxygens (including phenoxy) is 2. The lowest BCUT2D eigenvalue weighted by molar-refractivity contribution is 0.360. The molecule has 0 unspecified atom stereocenters. The number of fused-ring (bicyclic) bond motifs is 6. The first-order chi connectivity index (χ1) is 24.2. The SMILES string of the molecule is c1ccc(-c2nc(-c3ccccc3)nc(-n3c4ccccc4c4ccc(-c5ccc6c(c5)Oc5cc7ccccc7cc5O6)cc43)n2)cc1. The number of benzene rings is 7. The van der Waals surface area contributed by atoms with Crippen LogP contribution in [0.25, 0.3) is 72.4 Å². The first kappa shape index (κ1) is 27.3. The van der Waals surface area contributed by atoms with E-state index in [1.807, 2.05) is 97.1 Å². The zero-order valence-corrected chi connectivity index (χ0v) is 26.1. The lowest BCUT2D eigenvalue weighted by atomic mass is 10.0. The van der Waals surface area contributed by atoms with Gasteiger partial charge in [0.2, 0.25) is 5.95 Å². The monoisotopic (exact) mass is 630 g/mol. The predicted molar refractivity (Wildman–Crippen MR) is 195 cm³/mol. The summed E-state index contributed by atoms with van der Waals surface area (Å²) >= 11 is 0. The van der Waals surface area contributed by atoms with E-state index in [0.717, 1.165) is 54.8 Å². The van der Waals surface area contributed by atoms with Gasteiger partial charge < -0.3 is 9.47 Å². The van der Waals surface area contributed by atoms with Gasteiger partial charge in [0.05, 0.1) is 11.0 Å². The van der Waals surface area contributed by atoms with Crippen LogP contribution in [0, 0.1) is 0 Å². The Kier molecular flexibility index (Phi) is 6.08. The van der Waals surface area contributed by atoms with Crippen molar-refractivity contribution in [3.8, 4) is 62.8 Å². The molecule has 0 aliphatic carbocycles. The van der Waals surface area contributed by atoms with Crippen molar-refractivity contribution in [3.05, 3.63) is 158 Å². The molecule has 0 saturated heterocycles. The van der Waals surface area contributed by atoms with E-state index in [0.29, 0.717) is 40.6 Å². The van der Waals surface area contributed by atoms with Gasteiger partial charge in [0, 0.05) is 21.9 Å².